The summed E-state index contributed by atoms with van der Waals surface area (Å²) in [6.45, 7) is 1.45. The molecule has 4 rings (SSSR count). The third-order valence-corrected chi connectivity index (χ3v) is 9.24. The number of hydrogen-bond acceptors (Lipinski definition) is 10. The SMILES string of the molecule is CCOC(=O)Cc1nnn(CC(=O)N2CCN(S(=O)(=O)c3ccc(OC(F)(F)F)cc3)[C@@H](C(=O)NCc3ccc(C(F)(F)CC)cc3)C2)n1. The van der Waals surface area contributed by atoms with Crippen molar-refractivity contribution in [2.45, 2.75) is 63.0 Å². The Morgan fingerprint density at radius 3 is 2.27 bits per heavy atom. The lowest BCUT2D eigenvalue weighted by Crippen LogP contribution is -2.61. The van der Waals surface area contributed by atoms with Crippen LogP contribution in [-0.2, 0) is 54.6 Å². The molecule has 2 heterocycles. The van der Waals surface area contributed by atoms with Gasteiger partial charge in [-0.15, -0.1) is 23.4 Å². The van der Waals surface area contributed by atoms with Crippen molar-refractivity contribution >= 4 is 27.8 Å². The molecule has 20 heteroatoms. The smallest absolute Gasteiger partial charge is 0.466 e. The Bertz CT molecular complexity index is 1740. The van der Waals surface area contributed by atoms with Gasteiger partial charge in [0.2, 0.25) is 21.8 Å². The van der Waals surface area contributed by atoms with E-state index in [0.717, 1.165) is 33.4 Å². The fraction of sp³-hybridized carbons (Fsp3) is 0.448. The van der Waals surface area contributed by atoms with Gasteiger partial charge in [0.05, 0.1) is 11.5 Å². The van der Waals surface area contributed by atoms with Crippen molar-refractivity contribution in [3.63, 3.8) is 0 Å². The molecule has 0 saturated carbocycles. The van der Waals surface area contributed by atoms with Crippen LogP contribution in [0.4, 0.5) is 22.0 Å². The zero-order valence-electron chi connectivity index (χ0n) is 26.2. The zero-order valence-corrected chi connectivity index (χ0v) is 27.0. The summed E-state index contributed by atoms with van der Waals surface area (Å²) in [6, 6.07) is 7.08. The Morgan fingerprint density at radius 2 is 1.65 bits per heavy atom. The average molecular weight is 718 g/mol. The number of carbonyl (C=O) groups excluding carboxylic acids is 3. The first-order chi connectivity index (χ1) is 23.0. The highest BCUT2D eigenvalue weighted by atomic mass is 32.2. The van der Waals surface area contributed by atoms with Crippen LogP contribution in [0, 0.1) is 0 Å². The van der Waals surface area contributed by atoms with E-state index in [2.05, 4.69) is 25.5 Å². The first kappa shape index (κ1) is 37.1. The van der Waals surface area contributed by atoms with Crippen molar-refractivity contribution in [3.8, 4) is 5.75 Å². The van der Waals surface area contributed by atoms with Gasteiger partial charge >= 0.3 is 12.3 Å². The first-order valence-electron chi connectivity index (χ1n) is 14.8. The predicted molar refractivity (Wildman–Crippen MR) is 158 cm³/mol. The maximum absolute atomic E-state index is 14.0. The number of ether oxygens (including phenoxy) is 2. The summed E-state index contributed by atoms with van der Waals surface area (Å²) < 4.78 is 103. The normalized spacial score (nSPS) is 15.9. The number of aromatic nitrogens is 4. The Morgan fingerprint density at radius 1 is 0.980 bits per heavy atom. The molecule has 0 spiro atoms. The quantitative estimate of drug-likeness (QED) is 0.205. The number of hydrogen-bond donors (Lipinski definition) is 1. The van der Waals surface area contributed by atoms with E-state index in [0.29, 0.717) is 5.56 Å². The van der Waals surface area contributed by atoms with Gasteiger partial charge in [-0.25, -0.2) is 17.2 Å². The third kappa shape index (κ3) is 9.68. The second-order valence-electron chi connectivity index (χ2n) is 10.7. The topological polar surface area (TPSA) is 166 Å². The lowest BCUT2D eigenvalue weighted by atomic mass is 10.0. The predicted octanol–water partition coefficient (Wildman–Crippen LogP) is 2.40. The Kier molecular flexibility index (Phi) is 11.5. The minimum atomic E-state index is -5.01. The van der Waals surface area contributed by atoms with E-state index in [1.165, 1.54) is 36.1 Å². The molecule has 0 aliphatic carbocycles. The summed E-state index contributed by atoms with van der Waals surface area (Å²) in [5.74, 6) is -5.76. The van der Waals surface area contributed by atoms with Crippen molar-refractivity contribution in [1.29, 1.82) is 0 Å². The molecule has 1 saturated heterocycles. The highest BCUT2D eigenvalue weighted by Crippen LogP contribution is 2.31. The molecule has 1 aliphatic rings. The fourth-order valence-corrected chi connectivity index (χ4v) is 6.37. The molecule has 2 amide bonds. The molecule has 1 aliphatic heterocycles. The van der Waals surface area contributed by atoms with Gasteiger partial charge < -0.3 is 19.7 Å². The minimum Gasteiger partial charge on any atom is -0.466 e. The molecule has 14 nitrogen and oxygen atoms in total. The van der Waals surface area contributed by atoms with Crippen LogP contribution in [0.2, 0.25) is 0 Å². The van der Waals surface area contributed by atoms with Crippen LogP contribution in [-0.4, -0.2) is 94.3 Å². The van der Waals surface area contributed by atoms with Gasteiger partial charge in [0.1, 0.15) is 24.8 Å². The minimum absolute atomic E-state index is 0.00230. The van der Waals surface area contributed by atoms with Crippen LogP contribution in [0.25, 0.3) is 0 Å². The van der Waals surface area contributed by atoms with E-state index in [9.17, 15) is 44.8 Å². The van der Waals surface area contributed by atoms with E-state index in [4.69, 9.17) is 4.74 Å². The molecule has 2 aromatic carbocycles. The molecule has 49 heavy (non-hydrogen) atoms. The summed E-state index contributed by atoms with van der Waals surface area (Å²) in [6.07, 6.45) is -5.70. The summed E-state index contributed by atoms with van der Waals surface area (Å²) in [7, 11) is -4.51. The van der Waals surface area contributed by atoms with Crippen molar-refractivity contribution in [2.75, 3.05) is 26.2 Å². The van der Waals surface area contributed by atoms with Gasteiger partial charge in [-0.1, -0.05) is 31.2 Å². The number of nitrogens with zero attached hydrogens (tertiary/aromatic N) is 6. The molecule has 1 N–H and O–H groups in total. The standard InChI is InChI=1S/C29H32F5N7O7S/c1-3-28(30,31)20-7-5-19(6-8-20)16-35-27(44)23-17-39(25(42)18-41-37-24(36-38-41)15-26(43)47-4-2)13-14-40(23)49(45,46)22-11-9-21(10-12-22)48-29(32,33)34/h5-12,23H,3-4,13-18H2,1-2H3,(H,35,44)/t23-/m1/s1. The molecule has 266 valence electrons. The third-order valence-electron chi connectivity index (χ3n) is 7.32. The van der Waals surface area contributed by atoms with E-state index in [1.54, 1.807) is 6.92 Å². The Balaban J connectivity index is 1.52. The van der Waals surface area contributed by atoms with Gasteiger partial charge in [0, 0.05) is 38.2 Å². The van der Waals surface area contributed by atoms with Gasteiger partial charge in [0.15, 0.2) is 5.82 Å². The molecular weight excluding hydrogens is 685 g/mol. The number of carbonyl (C=O) groups is 3. The number of rotatable bonds is 13. The van der Waals surface area contributed by atoms with Crippen LogP contribution in [0.15, 0.2) is 53.4 Å². The highest BCUT2D eigenvalue weighted by molar-refractivity contribution is 7.89. The van der Waals surface area contributed by atoms with E-state index in [1.807, 2.05) is 0 Å². The van der Waals surface area contributed by atoms with Gasteiger partial charge in [0.25, 0.3) is 5.92 Å². The Labute approximate surface area is 277 Å². The number of sulfonamides is 1. The molecule has 3 aromatic rings. The number of nitrogens with one attached hydrogen (secondary N) is 1. The van der Waals surface area contributed by atoms with Gasteiger partial charge in [-0.05, 0) is 42.0 Å². The van der Waals surface area contributed by atoms with E-state index in [-0.39, 0.29) is 44.0 Å². The number of halogens is 5. The van der Waals surface area contributed by atoms with Crippen LogP contribution in [0.5, 0.6) is 5.75 Å². The second-order valence-corrected chi connectivity index (χ2v) is 12.6. The van der Waals surface area contributed by atoms with Crippen LogP contribution in [0.1, 0.15) is 37.2 Å². The van der Waals surface area contributed by atoms with Crippen molar-refractivity contribution < 1.29 is 54.2 Å². The molecule has 0 bridgehead atoms. The molecule has 1 fully saturated rings. The van der Waals surface area contributed by atoms with Crippen molar-refractivity contribution in [2.24, 2.45) is 0 Å². The number of tetrazole rings is 1. The number of piperazine rings is 1. The average Bonchev–Trinajstić information content (AvgIpc) is 3.49. The van der Waals surface area contributed by atoms with Crippen LogP contribution >= 0.6 is 0 Å². The highest BCUT2D eigenvalue weighted by Gasteiger charge is 2.42. The fourth-order valence-electron chi connectivity index (χ4n) is 4.80. The lowest BCUT2D eigenvalue weighted by molar-refractivity contribution is -0.274. The number of alkyl halides is 5. The molecule has 1 aromatic heterocycles. The number of amides is 2. The summed E-state index contributed by atoms with van der Waals surface area (Å²) in [5.41, 5.74) is 0.212. The maximum Gasteiger partial charge on any atom is 0.573 e. The zero-order chi connectivity index (χ0) is 36.0. The number of esters is 1. The first-order valence-corrected chi connectivity index (χ1v) is 16.3. The molecular formula is C29H32F5N7O7S. The summed E-state index contributed by atoms with van der Waals surface area (Å²) in [5, 5.41) is 14.0. The van der Waals surface area contributed by atoms with Gasteiger partial charge in [-0.3, -0.25) is 14.4 Å². The van der Waals surface area contributed by atoms with Crippen LogP contribution in [0.3, 0.4) is 0 Å². The van der Waals surface area contributed by atoms with Crippen LogP contribution < -0.4 is 10.1 Å². The lowest BCUT2D eigenvalue weighted by Gasteiger charge is -2.39. The monoisotopic (exact) mass is 717 g/mol. The molecule has 1 atom stereocenters. The van der Waals surface area contributed by atoms with Crippen molar-refractivity contribution in [3.05, 3.63) is 65.5 Å². The van der Waals surface area contributed by atoms with Crippen molar-refractivity contribution in [1.82, 2.24) is 34.7 Å². The largest absolute Gasteiger partial charge is 0.573 e. The maximum atomic E-state index is 14.0. The van der Waals surface area contributed by atoms with E-state index < -0.39 is 76.3 Å². The summed E-state index contributed by atoms with van der Waals surface area (Å²) >= 11 is 0. The summed E-state index contributed by atoms with van der Waals surface area (Å²) in [4.78, 5) is 40.1. The molecule has 0 unspecified atom stereocenters. The Hall–Kier alpha value is -4.72. The van der Waals surface area contributed by atoms with Gasteiger partial charge in [-0.2, -0.15) is 9.10 Å². The second kappa shape index (κ2) is 15.2. The number of benzene rings is 2. The van der Waals surface area contributed by atoms with E-state index >= 15 is 0 Å². The molecule has 0 radical (unpaired) electrons.